The number of Topliss-reactive ketones (excluding diaryl/α,β-unsaturated/α-hetero) is 1. The highest BCUT2D eigenvalue weighted by Gasteiger charge is 2.15. The summed E-state index contributed by atoms with van der Waals surface area (Å²) >= 11 is 0. The Labute approximate surface area is 170 Å². The fourth-order valence-corrected chi connectivity index (χ4v) is 3.66. The van der Waals surface area contributed by atoms with Crippen molar-refractivity contribution in [3.8, 4) is 17.2 Å². The van der Waals surface area contributed by atoms with E-state index in [4.69, 9.17) is 9.47 Å². The number of carbonyl (C=O) groups is 1. The molecule has 0 heterocycles. The Hall–Kier alpha value is -3.32. The SMILES string of the molecule is CCOc1ccc(Oc2ccc(S(=O)(=O)Nc3cccc(C(C)=O)c3)cc2)cc1. The number of rotatable bonds is 8. The van der Waals surface area contributed by atoms with Crippen LogP contribution in [0.25, 0.3) is 0 Å². The van der Waals surface area contributed by atoms with Crippen LogP contribution >= 0.6 is 0 Å². The summed E-state index contributed by atoms with van der Waals surface area (Å²) in [5.41, 5.74) is 0.761. The lowest BCUT2D eigenvalue weighted by atomic mass is 10.1. The minimum Gasteiger partial charge on any atom is -0.494 e. The maximum absolute atomic E-state index is 12.6. The molecule has 150 valence electrons. The molecule has 3 rings (SSSR count). The molecule has 3 aromatic carbocycles. The summed E-state index contributed by atoms with van der Waals surface area (Å²) in [6.45, 7) is 3.93. The van der Waals surface area contributed by atoms with E-state index in [1.54, 1.807) is 54.6 Å². The van der Waals surface area contributed by atoms with Gasteiger partial charge < -0.3 is 9.47 Å². The molecule has 0 saturated heterocycles. The molecule has 7 heteroatoms. The van der Waals surface area contributed by atoms with Crippen molar-refractivity contribution >= 4 is 21.5 Å². The molecule has 0 aromatic heterocycles. The number of hydrogen-bond acceptors (Lipinski definition) is 5. The van der Waals surface area contributed by atoms with Crippen molar-refractivity contribution < 1.29 is 22.7 Å². The van der Waals surface area contributed by atoms with Crippen LogP contribution in [0.2, 0.25) is 0 Å². The third kappa shape index (κ3) is 5.36. The van der Waals surface area contributed by atoms with Crippen molar-refractivity contribution in [3.05, 3.63) is 78.4 Å². The lowest BCUT2D eigenvalue weighted by Crippen LogP contribution is -2.13. The standard InChI is InChI=1S/C22H21NO5S/c1-3-27-19-7-9-20(10-8-19)28-21-11-13-22(14-12-21)29(25,26)23-18-6-4-5-17(15-18)16(2)24/h4-15,23H,3H2,1-2H3. The summed E-state index contributed by atoms with van der Waals surface area (Å²) < 4.78 is 38.8. The fourth-order valence-electron chi connectivity index (χ4n) is 2.61. The second kappa shape index (κ2) is 8.79. The van der Waals surface area contributed by atoms with Gasteiger partial charge in [-0.05, 0) is 74.5 Å². The number of sulfonamides is 1. The molecule has 6 nitrogen and oxygen atoms in total. The average molecular weight is 411 g/mol. The molecule has 0 aliphatic rings. The van der Waals surface area contributed by atoms with E-state index < -0.39 is 10.0 Å². The van der Waals surface area contributed by atoms with Crippen LogP contribution in [-0.2, 0) is 10.0 Å². The van der Waals surface area contributed by atoms with Crippen molar-refractivity contribution in [2.75, 3.05) is 11.3 Å². The molecule has 0 fully saturated rings. The molecule has 29 heavy (non-hydrogen) atoms. The number of nitrogens with one attached hydrogen (secondary N) is 1. The first-order valence-electron chi connectivity index (χ1n) is 9.02. The number of ketones is 1. The lowest BCUT2D eigenvalue weighted by molar-refractivity contribution is 0.101. The van der Waals surface area contributed by atoms with Gasteiger partial charge in [-0.3, -0.25) is 9.52 Å². The Morgan fingerprint density at radius 1 is 0.897 bits per heavy atom. The Morgan fingerprint density at radius 3 is 2.07 bits per heavy atom. The zero-order valence-corrected chi connectivity index (χ0v) is 16.9. The fraction of sp³-hybridized carbons (Fsp3) is 0.136. The first-order chi connectivity index (χ1) is 13.9. The molecular weight excluding hydrogens is 390 g/mol. The van der Waals surface area contributed by atoms with Crippen LogP contribution in [0, 0.1) is 0 Å². The summed E-state index contributed by atoms with van der Waals surface area (Å²) in [5, 5.41) is 0. The molecule has 0 atom stereocenters. The van der Waals surface area contributed by atoms with Gasteiger partial charge in [0, 0.05) is 11.3 Å². The lowest BCUT2D eigenvalue weighted by Gasteiger charge is -2.10. The molecule has 0 spiro atoms. The first kappa shape index (κ1) is 20.4. The smallest absolute Gasteiger partial charge is 0.261 e. The number of ether oxygens (including phenoxy) is 2. The average Bonchev–Trinajstić information content (AvgIpc) is 2.70. The summed E-state index contributed by atoms with van der Waals surface area (Å²) in [5.74, 6) is 1.73. The van der Waals surface area contributed by atoms with Crippen LogP contribution in [0.4, 0.5) is 5.69 Å². The van der Waals surface area contributed by atoms with Gasteiger partial charge in [-0.25, -0.2) is 8.42 Å². The Morgan fingerprint density at radius 2 is 1.48 bits per heavy atom. The molecule has 3 aromatic rings. The molecule has 0 bridgehead atoms. The summed E-state index contributed by atoms with van der Waals surface area (Å²) in [6.07, 6.45) is 0. The first-order valence-corrected chi connectivity index (χ1v) is 10.5. The quantitative estimate of drug-likeness (QED) is 0.534. The second-order valence-electron chi connectivity index (χ2n) is 6.22. The maximum Gasteiger partial charge on any atom is 0.261 e. The van der Waals surface area contributed by atoms with E-state index in [2.05, 4.69) is 4.72 Å². The van der Waals surface area contributed by atoms with Gasteiger partial charge >= 0.3 is 0 Å². The van der Waals surface area contributed by atoms with E-state index >= 15 is 0 Å². The van der Waals surface area contributed by atoms with E-state index in [1.807, 2.05) is 6.92 Å². The highest BCUT2D eigenvalue weighted by molar-refractivity contribution is 7.92. The van der Waals surface area contributed by atoms with Gasteiger partial charge in [0.2, 0.25) is 0 Å². The largest absolute Gasteiger partial charge is 0.494 e. The van der Waals surface area contributed by atoms with Crippen molar-refractivity contribution in [2.24, 2.45) is 0 Å². The van der Waals surface area contributed by atoms with Crippen LogP contribution in [0.15, 0.2) is 77.7 Å². The van der Waals surface area contributed by atoms with Crippen molar-refractivity contribution in [1.29, 1.82) is 0 Å². The molecule has 1 N–H and O–H groups in total. The van der Waals surface area contributed by atoms with Crippen molar-refractivity contribution in [3.63, 3.8) is 0 Å². The van der Waals surface area contributed by atoms with E-state index in [0.717, 1.165) is 5.75 Å². The Balaban J connectivity index is 1.71. The molecule has 0 aliphatic carbocycles. The zero-order valence-electron chi connectivity index (χ0n) is 16.1. The predicted molar refractivity (Wildman–Crippen MR) is 111 cm³/mol. The number of hydrogen-bond donors (Lipinski definition) is 1. The van der Waals surface area contributed by atoms with E-state index in [9.17, 15) is 13.2 Å². The maximum atomic E-state index is 12.6. The van der Waals surface area contributed by atoms with Crippen LogP contribution < -0.4 is 14.2 Å². The number of carbonyl (C=O) groups excluding carboxylic acids is 1. The number of anilines is 1. The third-order valence-electron chi connectivity index (χ3n) is 4.03. The topological polar surface area (TPSA) is 81.7 Å². The molecule has 0 aliphatic heterocycles. The molecule has 0 radical (unpaired) electrons. The van der Waals surface area contributed by atoms with Crippen molar-refractivity contribution in [1.82, 2.24) is 0 Å². The summed E-state index contributed by atoms with van der Waals surface area (Å²) in [6, 6.07) is 19.6. The molecule has 0 unspecified atom stereocenters. The highest BCUT2D eigenvalue weighted by Crippen LogP contribution is 2.26. The van der Waals surface area contributed by atoms with Crippen LogP contribution in [-0.4, -0.2) is 20.8 Å². The van der Waals surface area contributed by atoms with Crippen LogP contribution in [0.3, 0.4) is 0 Å². The van der Waals surface area contributed by atoms with E-state index in [-0.39, 0.29) is 10.7 Å². The van der Waals surface area contributed by atoms with E-state index in [1.165, 1.54) is 25.1 Å². The molecule has 0 amide bonds. The summed E-state index contributed by atoms with van der Waals surface area (Å²) in [7, 11) is -3.79. The predicted octanol–water partition coefficient (Wildman–Crippen LogP) is 4.88. The monoisotopic (exact) mass is 411 g/mol. The summed E-state index contributed by atoms with van der Waals surface area (Å²) in [4.78, 5) is 11.6. The van der Waals surface area contributed by atoms with Gasteiger partial charge in [0.05, 0.1) is 11.5 Å². The third-order valence-corrected chi connectivity index (χ3v) is 5.42. The van der Waals surface area contributed by atoms with Gasteiger partial charge in [0.25, 0.3) is 10.0 Å². The minimum absolute atomic E-state index is 0.0878. The van der Waals surface area contributed by atoms with Gasteiger partial charge in [0.15, 0.2) is 5.78 Å². The minimum atomic E-state index is -3.79. The zero-order chi connectivity index (χ0) is 20.9. The van der Waals surface area contributed by atoms with Crippen LogP contribution in [0.5, 0.6) is 17.2 Å². The van der Waals surface area contributed by atoms with Crippen molar-refractivity contribution in [2.45, 2.75) is 18.7 Å². The second-order valence-corrected chi connectivity index (χ2v) is 7.90. The van der Waals surface area contributed by atoms with Gasteiger partial charge in [0.1, 0.15) is 17.2 Å². The normalized spacial score (nSPS) is 11.0. The van der Waals surface area contributed by atoms with Gasteiger partial charge in [-0.15, -0.1) is 0 Å². The molecular formula is C22H21NO5S. The van der Waals surface area contributed by atoms with Crippen LogP contribution in [0.1, 0.15) is 24.2 Å². The van der Waals surface area contributed by atoms with E-state index in [0.29, 0.717) is 29.4 Å². The Kier molecular flexibility index (Phi) is 6.19. The van der Waals surface area contributed by atoms with Gasteiger partial charge in [-0.1, -0.05) is 12.1 Å². The Bertz CT molecular complexity index is 1090. The van der Waals surface area contributed by atoms with Gasteiger partial charge in [-0.2, -0.15) is 0 Å². The number of benzene rings is 3. The highest BCUT2D eigenvalue weighted by atomic mass is 32.2. The molecule has 0 saturated carbocycles.